The zero-order valence-electron chi connectivity index (χ0n) is 15.6. The average molecular weight is 376 g/mol. The second-order valence-corrected chi connectivity index (χ2v) is 7.43. The van der Waals surface area contributed by atoms with Crippen molar-refractivity contribution in [2.24, 2.45) is 0 Å². The number of nitrogens with zero attached hydrogens (tertiary/aromatic N) is 4. The molecule has 1 aliphatic carbocycles. The molecule has 8 nitrogen and oxygen atoms in total. The van der Waals surface area contributed by atoms with Crippen LogP contribution in [-0.4, -0.2) is 24.9 Å². The third kappa shape index (κ3) is 2.45. The SMILES string of the molecule is CC(C)n1nc(-c2noc(C3CC3)c2-c2ccc[nH]c2=O)c2c(N)nccc21. The van der Waals surface area contributed by atoms with Gasteiger partial charge in [-0.1, -0.05) is 5.16 Å². The monoisotopic (exact) mass is 376 g/mol. The lowest BCUT2D eigenvalue weighted by atomic mass is 10.00. The van der Waals surface area contributed by atoms with Crippen LogP contribution in [0.2, 0.25) is 0 Å². The van der Waals surface area contributed by atoms with Crippen molar-refractivity contribution in [3.05, 3.63) is 46.7 Å². The minimum absolute atomic E-state index is 0.122. The number of aromatic nitrogens is 5. The Morgan fingerprint density at radius 3 is 2.82 bits per heavy atom. The number of nitrogen functional groups attached to an aromatic ring is 1. The molecule has 0 spiro atoms. The average Bonchev–Trinajstić information content (AvgIpc) is 3.30. The van der Waals surface area contributed by atoms with Crippen molar-refractivity contribution < 1.29 is 4.52 Å². The number of nitrogens with two attached hydrogens (primary N) is 1. The molecule has 4 heterocycles. The first-order valence-corrected chi connectivity index (χ1v) is 9.37. The van der Waals surface area contributed by atoms with E-state index in [0.29, 0.717) is 28.3 Å². The van der Waals surface area contributed by atoms with E-state index in [0.717, 1.165) is 29.5 Å². The molecule has 0 radical (unpaired) electrons. The molecule has 1 aliphatic rings. The van der Waals surface area contributed by atoms with E-state index < -0.39 is 0 Å². The first-order chi connectivity index (χ1) is 13.6. The predicted octanol–water partition coefficient (Wildman–Crippen LogP) is 3.48. The number of H-pyrrole nitrogens is 1. The van der Waals surface area contributed by atoms with Crippen LogP contribution in [0.3, 0.4) is 0 Å². The van der Waals surface area contributed by atoms with Crippen LogP contribution in [-0.2, 0) is 0 Å². The van der Waals surface area contributed by atoms with Crippen molar-refractivity contribution in [1.29, 1.82) is 0 Å². The maximum Gasteiger partial charge on any atom is 0.256 e. The van der Waals surface area contributed by atoms with Gasteiger partial charge >= 0.3 is 0 Å². The zero-order valence-corrected chi connectivity index (χ0v) is 15.6. The molecule has 4 aromatic rings. The van der Waals surface area contributed by atoms with Crippen molar-refractivity contribution >= 4 is 16.7 Å². The summed E-state index contributed by atoms with van der Waals surface area (Å²) < 4.78 is 7.62. The summed E-state index contributed by atoms with van der Waals surface area (Å²) in [7, 11) is 0. The van der Waals surface area contributed by atoms with Gasteiger partial charge in [0.15, 0.2) is 0 Å². The first kappa shape index (κ1) is 16.7. The number of pyridine rings is 2. The van der Waals surface area contributed by atoms with Crippen LogP contribution in [0.15, 0.2) is 39.9 Å². The fourth-order valence-corrected chi connectivity index (χ4v) is 3.64. The lowest BCUT2D eigenvalue weighted by molar-refractivity contribution is 0.386. The minimum atomic E-state index is -0.187. The molecule has 28 heavy (non-hydrogen) atoms. The highest BCUT2D eigenvalue weighted by Gasteiger charge is 2.35. The Morgan fingerprint density at radius 2 is 2.11 bits per heavy atom. The molecule has 5 rings (SSSR count). The molecule has 0 aliphatic heterocycles. The number of hydrogen-bond acceptors (Lipinski definition) is 6. The van der Waals surface area contributed by atoms with Crippen LogP contribution < -0.4 is 11.3 Å². The molecule has 1 saturated carbocycles. The molecule has 0 bridgehead atoms. The maximum atomic E-state index is 12.6. The van der Waals surface area contributed by atoms with Crippen molar-refractivity contribution in [3.8, 4) is 22.5 Å². The normalized spacial score (nSPS) is 14.2. The second kappa shape index (κ2) is 6.05. The van der Waals surface area contributed by atoms with Gasteiger partial charge < -0.3 is 15.2 Å². The summed E-state index contributed by atoms with van der Waals surface area (Å²) in [4.78, 5) is 19.5. The highest BCUT2D eigenvalue weighted by molar-refractivity contribution is 6.02. The quantitative estimate of drug-likeness (QED) is 0.563. The van der Waals surface area contributed by atoms with Crippen LogP contribution in [0.25, 0.3) is 33.4 Å². The molecular formula is C20H20N6O2. The van der Waals surface area contributed by atoms with Crippen LogP contribution >= 0.6 is 0 Å². The van der Waals surface area contributed by atoms with Crippen molar-refractivity contribution in [2.75, 3.05) is 5.73 Å². The molecule has 0 amide bonds. The summed E-state index contributed by atoms with van der Waals surface area (Å²) >= 11 is 0. The van der Waals surface area contributed by atoms with Gasteiger partial charge in [-0.3, -0.25) is 9.48 Å². The highest BCUT2D eigenvalue weighted by Crippen LogP contribution is 2.48. The second-order valence-electron chi connectivity index (χ2n) is 7.43. The van der Waals surface area contributed by atoms with E-state index in [1.165, 1.54) is 0 Å². The Labute approximate surface area is 160 Å². The predicted molar refractivity (Wildman–Crippen MR) is 106 cm³/mol. The molecular weight excluding hydrogens is 356 g/mol. The number of rotatable bonds is 4. The van der Waals surface area contributed by atoms with Crippen molar-refractivity contribution in [1.82, 2.24) is 24.9 Å². The van der Waals surface area contributed by atoms with Crippen molar-refractivity contribution in [3.63, 3.8) is 0 Å². The Bertz CT molecular complexity index is 1250. The summed E-state index contributed by atoms with van der Waals surface area (Å²) in [6, 6.07) is 5.59. The Kier molecular flexibility index (Phi) is 3.61. The van der Waals surface area contributed by atoms with Gasteiger partial charge in [0.1, 0.15) is 23.0 Å². The highest BCUT2D eigenvalue weighted by atomic mass is 16.5. The number of aromatic amines is 1. The number of nitrogens with one attached hydrogen (secondary N) is 1. The van der Waals surface area contributed by atoms with Gasteiger partial charge in [0.25, 0.3) is 5.56 Å². The van der Waals surface area contributed by atoms with Crippen molar-refractivity contribution in [2.45, 2.75) is 38.6 Å². The largest absolute Gasteiger partial charge is 0.383 e. The number of hydrogen-bond donors (Lipinski definition) is 2. The molecule has 3 N–H and O–H groups in total. The van der Waals surface area contributed by atoms with Gasteiger partial charge in [-0.05, 0) is 44.9 Å². The molecule has 0 saturated heterocycles. The first-order valence-electron chi connectivity index (χ1n) is 9.37. The Morgan fingerprint density at radius 1 is 1.29 bits per heavy atom. The molecule has 8 heteroatoms. The van der Waals surface area contributed by atoms with Gasteiger partial charge in [0, 0.05) is 24.4 Å². The Balaban J connectivity index is 1.85. The molecule has 4 aromatic heterocycles. The van der Waals surface area contributed by atoms with Gasteiger partial charge in [0.2, 0.25) is 0 Å². The van der Waals surface area contributed by atoms with E-state index in [4.69, 9.17) is 15.4 Å². The summed E-state index contributed by atoms with van der Waals surface area (Å²) in [5.41, 5.74) is 9.24. The van der Waals surface area contributed by atoms with E-state index in [9.17, 15) is 4.79 Å². The summed E-state index contributed by atoms with van der Waals surface area (Å²) in [6.07, 6.45) is 5.33. The summed E-state index contributed by atoms with van der Waals surface area (Å²) in [5, 5.41) is 9.86. The molecule has 0 atom stereocenters. The third-order valence-corrected chi connectivity index (χ3v) is 5.12. The Hall–Kier alpha value is -3.42. The molecule has 0 aromatic carbocycles. The fourth-order valence-electron chi connectivity index (χ4n) is 3.64. The lowest BCUT2D eigenvalue weighted by Gasteiger charge is -2.06. The van der Waals surface area contributed by atoms with Crippen LogP contribution in [0.4, 0.5) is 5.82 Å². The fraction of sp³-hybridized carbons (Fsp3) is 0.300. The van der Waals surface area contributed by atoms with Crippen LogP contribution in [0.5, 0.6) is 0 Å². The number of anilines is 1. The number of fused-ring (bicyclic) bond motifs is 1. The van der Waals surface area contributed by atoms with E-state index >= 15 is 0 Å². The van der Waals surface area contributed by atoms with Gasteiger partial charge in [-0.15, -0.1) is 0 Å². The zero-order chi connectivity index (χ0) is 19.4. The minimum Gasteiger partial charge on any atom is -0.383 e. The molecule has 142 valence electrons. The van der Waals surface area contributed by atoms with E-state index in [1.807, 2.05) is 24.6 Å². The van der Waals surface area contributed by atoms with E-state index in [2.05, 4.69) is 15.1 Å². The van der Waals surface area contributed by atoms with E-state index in [1.54, 1.807) is 24.5 Å². The molecule has 1 fully saturated rings. The van der Waals surface area contributed by atoms with Gasteiger partial charge in [-0.2, -0.15) is 5.10 Å². The van der Waals surface area contributed by atoms with Crippen LogP contribution in [0.1, 0.15) is 44.4 Å². The summed E-state index contributed by atoms with van der Waals surface area (Å²) in [6.45, 7) is 4.10. The third-order valence-electron chi connectivity index (χ3n) is 5.12. The summed E-state index contributed by atoms with van der Waals surface area (Å²) in [5.74, 6) is 1.40. The molecule has 0 unspecified atom stereocenters. The van der Waals surface area contributed by atoms with E-state index in [-0.39, 0.29) is 17.5 Å². The van der Waals surface area contributed by atoms with Crippen LogP contribution in [0, 0.1) is 0 Å². The maximum absolute atomic E-state index is 12.6. The standard InChI is InChI=1S/C20H20N6O2/c1-10(2)26-13-7-9-22-19(21)15(13)16(24-26)17-14(12-4-3-8-23-20(12)27)18(28-25-17)11-5-6-11/h3-4,7-11H,5-6H2,1-2H3,(H2,21,22)(H,23,27). The van der Waals surface area contributed by atoms with Gasteiger partial charge in [0.05, 0.1) is 22.0 Å². The topological polar surface area (TPSA) is 116 Å². The van der Waals surface area contributed by atoms with Gasteiger partial charge in [-0.25, -0.2) is 4.98 Å². The lowest BCUT2D eigenvalue weighted by Crippen LogP contribution is -2.08. The smallest absolute Gasteiger partial charge is 0.256 e.